The molecule has 2 heterocycles. The Morgan fingerprint density at radius 2 is 2.04 bits per heavy atom. The van der Waals surface area contributed by atoms with Crippen molar-refractivity contribution < 1.29 is 18.7 Å². The lowest BCUT2D eigenvalue weighted by molar-refractivity contribution is 0.0636. The van der Waals surface area contributed by atoms with Crippen LogP contribution in [0.2, 0.25) is 0 Å². The normalized spacial score (nSPS) is 11.8. The molecule has 0 aliphatic carbocycles. The van der Waals surface area contributed by atoms with Crippen molar-refractivity contribution in [3.05, 3.63) is 64.5 Å². The van der Waals surface area contributed by atoms with E-state index in [1.54, 1.807) is 24.1 Å². The number of thiazole rings is 1. The second-order valence-electron chi connectivity index (χ2n) is 6.34. The van der Waals surface area contributed by atoms with Crippen molar-refractivity contribution in [3.8, 4) is 11.5 Å². The summed E-state index contributed by atoms with van der Waals surface area (Å²) in [7, 11) is 1.61. The minimum absolute atomic E-state index is 0.0765. The van der Waals surface area contributed by atoms with Gasteiger partial charge in [-0.2, -0.15) is 0 Å². The predicted molar refractivity (Wildman–Crippen MR) is 108 cm³/mol. The van der Waals surface area contributed by atoms with Gasteiger partial charge in [0.1, 0.15) is 11.6 Å². The molecule has 1 amide bonds. The summed E-state index contributed by atoms with van der Waals surface area (Å²) in [6.45, 7) is 4.86. The van der Waals surface area contributed by atoms with E-state index in [9.17, 15) is 4.79 Å². The van der Waals surface area contributed by atoms with Gasteiger partial charge in [0.25, 0.3) is 5.91 Å². The topological polar surface area (TPSA) is 64.8 Å². The average Bonchev–Trinajstić information content (AvgIpc) is 3.41. The van der Waals surface area contributed by atoms with Crippen LogP contribution in [-0.4, -0.2) is 28.9 Å². The quantitative estimate of drug-likeness (QED) is 0.518. The number of hydrogen-bond donors (Lipinski definition) is 0. The zero-order chi connectivity index (χ0) is 19.9. The summed E-state index contributed by atoms with van der Waals surface area (Å²) in [4.78, 5) is 19.2. The summed E-state index contributed by atoms with van der Waals surface area (Å²) in [5, 5.41) is 2.81. The van der Waals surface area contributed by atoms with E-state index in [0.29, 0.717) is 30.4 Å². The first-order valence-electron chi connectivity index (χ1n) is 9.16. The molecule has 6 nitrogen and oxygen atoms in total. The van der Waals surface area contributed by atoms with Crippen LogP contribution in [0, 0.1) is 0 Å². The summed E-state index contributed by atoms with van der Waals surface area (Å²) >= 11 is 1.51. The number of methoxy groups -OCH3 is 1. The summed E-state index contributed by atoms with van der Waals surface area (Å²) in [5.41, 5.74) is 0.837. The fourth-order valence-corrected chi connectivity index (χ4v) is 3.43. The van der Waals surface area contributed by atoms with E-state index in [1.165, 1.54) is 17.6 Å². The molecule has 0 spiro atoms. The van der Waals surface area contributed by atoms with E-state index in [-0.39, 0.29) is 11.9 Å². The number of aromatic nitrogens is 1. The third-order valence-electron chi connectivity index (χ3n) is 4.47. The maximum Gasteiger partial charge on any atom is 0.290 e. The van der Waals surface area contributed by atoms with Gasteiger partial charge in [-0.3, -0.25) is 4.79 Å². The lowest BCUT2D eigenvalue weighted by atomic mass is 10.2. The van der Waals surface area contributed by atoms with Crippen LogP contribution in [0.4, 0.5) is 0 Å². The molecule has 0 bridgehead atoms. The van der Waals surface area contributed by atoms with Crippen LogP contribution in [-0.2, 0) is 13.2 Å². The van der Waals surface area contributed by atoms with Crippen LogP contribution in [0.15, 0.2) is 52.5 Å². The second kappa shape index (κ2) is 9.41. The Balaban J connectivity index is 1.67. The molecular formula is C21H24N2O4S. The molecule has 0 N–H and O–H groups in total. The van der Waals surface area contributed by atoms with Crippen molar-refractivity contribution in [2.75, 3.05) is 7.11 Å². The Morgan fingerprint density at radius 1 is 1.25 bits per heavy atom. The van der Waals surface area contributed by atoms with Gasteiger partial charge in [-0.05, 0) is 37.6 Å². The third kappa shape index (κ3) is 4.72. The van der Waals surface area contributed by atoms with Crippen molar-refractivity contribution in [2.45, 2.75) is 39.5 Å². The molecule has 1 aromatic carbocycles. The molecule has 3 rings (SSSR count). The van der Waals surface area contributed by atoms with E-state index in [1.807, 2.05) is 36.6 Å². The van der Waals surface area contributed by atoms with E-state index >= 15 is 0 Å². The molecule has 0 unspecified atom stereocenters. The number of hydrogen-bond acceptors (Lipinski definition) is 6. The standard InChI is InChI=1S/C21H24N2O4S/c1-4-15(2)23(21(24)19-10-7-11-26-19)12-16-14-28-20(22-16)13-27-18-9-6-5-8-17(18)25-3/h5-11,14-15H,4,12-13H2,1-3H3/t15-/m0/s1. The summed E-state index contributed by atoms with van der Waals surface area (Å²) in [6.07, 6.45) is 2.36. The van der Waals surface area contributed by atoms with E-state index in [0.717, 1.165) is 17.1 Å². The summed E-state index contributed by atoms with van der Waals surface area (Å²) in [6, 6.07) is 11.0. The minimum Gasteiger partial charge on any atom is -0.493 e. The Morgan fingerprint density at radius 3 is 2.71 bits per heavy atom. The highest BCUT2D eigenvalue weighted by molar-refractivity contribution is 7.09. The smallest absolute Gasteiger partial charge is 0.290 e. The van der Waals surface area contributed by atoms with Gasteiger partial charge >= 0.3 is 0 Å². The lowest BCUT2D eigenvalue weighted by Gasteiger charge is -2.27. The van der Waals surface area contributed by atoms with Crippen LogP contribution in [0.5, 0.6) is 11.5 Å². The Labute approximate surface area is 168 Å². The molecular weight excluding hydrogens is 376 g/mol. The van der Waals surface area contributed by atoms with E-state index in [2.05, 4.69) is 11.9 Å². The number of carbonyl (C=O) groups excluding carboxylic acids is 1. The zero-order valence-corrected chi connectivity index (χ0v) is 17.1. The van der Waals surface area contributed by atoms with Crippen molar-refractivity contribution in [1.82, 2.24) is 9.88 Å². The van der Waals surface area contributed by atoms with Crippen LogP contribution in [0.1, 0.15) is 41.5 Å². The van der Waals surface area contributed by atoms with Crippen molar-refractivity contribution in [3.63, 3.8) is 0 Å². The van der Waals surface area contributed by atoms with Crippen LogP contribution in [0.3, 0.4) is 0 Å². The molecule has 0 fully saturated rings. The van der Waals surface area contributed by atoms with E-state index < -0.39 is 0 Å². The number of rotatable bonds is 9. The van der Waals surface area contributed by atoms with Gasteiger partial charge in [0, 0.05) is 11.4 Å². The predicted octanol–water partition coefficient (Wildman–Crippen LogP) is 4.76. The maximum absolute atomic E-state index is 12.8. The number of carbonyl (C=O) groups is 1. The van der Waals surface area contributed by atoms with Crippen LogP contribution in [0.25, 0.3) is 0 Å². The molecule has 1 atom stereocenters. The highest BCUT2D eigenvalue weighted by Gasteiger charge is 2.23. The molecule has 3 aromatic rings. The molecule has 0 saturated heterocycles. The SMILES string of the molecule is CC[C@H](C)N(Cc1csc(COc2ccccc2OC)n1)C(=O)c1ccco1. The first-order chi connectivity index (χ1) is 13.6. The number of ether oxygens (including phenoxy) is 2. The number of nitrogens with zero attached hydrogens (tertiary/aromatic N) is 2. The Bertz CT molecular complexity index is 891. The van der Waals surface area contributed by atoms with Gasteiger partial charge in [-0.1, -0.05) is 19.1 Å². The molecule has 0 saturated carbocycles. The monoisotopic (exact) mass is 400 g/mol. The van der Waals surface area contributed by atoms with Crippen molar-refractivity contribution >= 4 is 17.2 Å². The molecule has 7 heteroatoms. The highest BCUT2D eigenvalue weighted by Crippen LogP contribution is 2.27. The molecule has 28 heavy (non-hydrogen) atoms. The van der Waals surface area contributed by atoms with Crippen LogP contribution >= 0.6 is 11.3 Å². The third-order valence-corrected chi connectivity index (χ3v) is 5.34. The fraction of sp³-hybridized carbons (Fsp3) is 0.333. The molecule has 0 aliphatic heterocycles. The minimum atomic E-state index is -0.126. The number of para-hydroxylation sites is 2. The summed E-state index contributed by atoms with van der Waals surface area (Å²) in [5.74, 6) is 1.58. The number of benzene rings is 1. The summed E-state index contributed by atoms with van der Waals surface area (Å²) < 4.78 is 16.4. The van der Waals surface area contributed by atoms with Gasteiger partial charge < -0.3 is 18.8 Å². The van der Waals surface area contributed by atoms with Gasteiger partial charge in [-0.15, -0.1) is 11.3 Å². The molecule has 0 radical (unpaired) electrons. The Hall–Kier alpha value is -2.80. The Kier molecular flexibility index (Phi) is 6.71. The second-order valence-corrected chi connectivity index (χ2v) is 7.28. The molecule has 0 aliphatic rings. The average molecular weight is 401 g/mol. The highest BCUT2D eigenvalue weighted by atomic mass is 32.1. The van der Waals surface area contributed by atoms with Gasteiger partial charge in [0.2, 0.25) is 0 Å². The van der Waals surface area contributed by atoms with Crippen molar-refractivity contribution in [2.24, 2.45) is 0 Å². The fourth-order valence-electron chi connectivity index (χ4n) is 2.73. The first kappa shape index (κ1) is 19.9. The number of furan rings is 1. The van der Waals surface area contributed by atoms with E-state index in [4.69, 9.17) is 13.9 Å². The first-order valence-corrected chi connectivity index (χ1v) is 10.0. The maximum atomic E-state index is 12.8. The lowest BCUT2D eigenvalue weighted by Crippen LogP contribution is -2.37. The van der Waals surface area contributed by atoms with Crippen LogP contribution < -0.4 is 9.47 Å². The number of amides is 1. The van der Waals surface area contributed by atoms with Gasteiger partial charge in [-0.25, -0.2) is 4.98 Å². The van der Waals surface area contributed by atoms with Gasteiger partial charge in [0.15, 0.2) is 17.3 Å². The largest absolute Gasteiger partial charge is 0.493 e. The molecule has 2 aromatic heterocycles. The van der Waals surface area contributed by atoms with Crippen molar-refractivity contribution in [1.29, 1.82) is 0 Å². The zero-order valence-electron chi connectivity index (χ0n) is 16.3. The molecule has 148 valence electrons. The van der Waals surface area contributed by atoms with Gasteiger partial charge in [0.05, 0.1) is 25.6 Å².